The van der Waals surface area contributed by atoms with Crippen LogP contribution < -0.4 is 11.5 Å². The lowest BCUT2D eigenvalue weighted by Gasteiger charge is -2.05. The molecule has 0 aliphatic heterocycles. The standard InChI is InChI=1S/C7H9BrN2OS/c8-6-1-4(3-12-6)5(9)2-7(10)11/h1,3,5H,2,9H2,(H2,10,11)/t5-/m1/s1. The number of nitrogens with two attached hydrogens (primary N) is 2. The minimum Gasteiger partial charge on any atom is -0.370 e. The molecule has 0 saturated carbocycles. The summed E-state index contributed by atoms with van der Waals surface area (Å²) in [6.07, 6.45) is 0.198. The molecule has 1 heterocycles. The normalized spacial score (nSPS) is 12.8. The van der Waals surface area contributed by atoms with E-state index in [9.17, 15) is 4.79 Å². The van der Waals surface area contributed by atoms with Gasteiger partial charge in [0.1, 0.15) is 0 Å². The molecule has 0 aliphatic carbocycles. The number of hydrogen-bond acceptors (Lipinski definition) is 3. The van der Waals surface area contributed by atoms with E-state index in [1.807, 2.05) is 11.4 Å². The van der Waals surface area contributed by atoms with E-state index in [1.54, 1.807) is 11.3 Å². The van der Waals surface area contributed by atoms with Crippen molar-refractivity contribution in [2.24, 2.45) is 11.5 Å². The third-order valence-electron chi connectivity index (χ3n) is 1.44. The fraction of sp³-hybridized carbons (Fsp3) is 0.286. The highest BCUT2D eigenvalue weighted by atomic mass is 79.9. The second-order valence-electron chi connectivity index (χ2n) is 2.46. The molecule has 5 heteroatoms. The monoisotopic (exact) mass is 248 g/mol. The number of carbonyl (C=O) groups is 1. The Hall–Kier alpha value is -0.390. The van der Waals surface area contributed by atoms with Crippen molar-refractivity contribution in [2.75, 3.05) is 0 Å². The van der Waals surface area contributed by atoms with Gasteiger partial charge in [-0.3, -0.25) is 4.79 Å². The third kappa shape index (κ3) is 2.58. The third-order valence-corrected chi connectivity index (χ3v) is 2.96. The molecular weight excluding hydrogens is 240 g/mol. The van der Waals surface area contributed by atoms with Crippen molar-refractivity contribution in [3.05, 3.63) is 20.8 Å². The zero-order chi connectivity index (χ0) is 9.14. The highest BCUT2D eigenvalue weighted by Gasteiger charge is 2.10. The SMILES string of the molecule is NC(=O)C[C@@H](N)c1csc(Br)c1. The van der Waals surface area contributed by atoms with Crippen LogP contribution in [0.25, 0.3) is 0 Å². The second kappa shape index (κ2) is 4.02. The maximum Gasteiger partial charge on any atom is 0.219 e. The number of halogens is 1. The Morgan fingerprint density at radius 2 is 2.42 bits per heavy atom. The number of thiophene rings is 1. The van der Waals surface area contributed by atoms with E-state index in [0.29, 0.717) is 0 Å². The highest BCUT2D eigenvalue weighted by Crippen LogP contribution is 2.25. The summed E-state index contributed by atoms with van der Waals surface area (Å²) >= 11 is 4.86. The quantitative estimate of drug-likeness (QED) is 0.849. The predicted molar refractivity (Wildman–Crippen MR) is 52.8 cm³/mol. The highest BCUT2D eigenvalue weighted by molar-refractivity contribution is 9.11. The minimum atomic E-state index is -0.371. The van der Waals surface area contributed by atoms with Crippen LogP contribution in [0.5, 0.6) is 0 Å². The van der Waals surface area contributed by atoms with Crippen molar-refractivity contribution in [2.45, 2.75) is 12.5 Å². The van der Waals surface area contributed by atoms with Gasteiger partial charge in [0.25, 0.3) is 0 Å². The van der Waals surface area contributed by atoms with E-state index in [1.165, 1.54) is 0 Å². The Balaban J connectivity index is 2.64. The molecule has 3 nitrogen and oxygen atoms in total. The van der Waals surface area contributed by atoms with Crippen LogP contribution in [0.3, 0.4) is 0 Å². The molecule has 1 aromatic heterocycles. The van der Waals surface area contributed by atoms with Gasteiger partial charge in [-0.2, -0.15) is 0 Å². The first kappa shape index (κ1) is 9.70. The zero-order valence-electron chi connectivity index (χ0n) is 6.29. The molecule has 1 aromatic rings. The van der Waals surface area contributed by atoms with E-state index >= 15 is 0 Å². The summed E-state index contributed by atoms with van der Waals surface area (Å²) in [4.78, 5) is 10.5. The van der Waals surface area contributed by atoms with Crippen LogP contribution in [0.15, 0.2) is 15.2 Å². The summed E-state index contributed by atoms with van der Waals surface area (Å²) in [5, 5.41) is 1.91. The Labute approximate surface area is 82.9 Å². The van der Waals surface area contributed by atoms with Gasteiger partial charge in [-0.05, 0) is 32.9 Å². The van der Waals surface area contributed by atoms with Crippen LogP contribution in [0.2, 0.25) is 0 Å². The molecule has 66 valence electrons. The lowest BCUT2D eigenvalue weighted by atomic mass is 10.1. The fourth-order valence-electron chi connectivity index (χ4n) is 0.852. The van der Waals surface area contributed by atoms with Crippen LogP contribution in [0, 0.1) is 0 Å². The number of amides is 1. The minimum absolute atomic E-state index is 0.198. The second-order valence-corrected chi connectivity index (χ2v) is 4.75. The molecule has 1 amide bonds. The molecule has 0 bridgehead atoms. The number of hydrogen-bond donors (Lipinski definition) is 2. The Kier molecular flexibility index (Phi) is 3.25. The van der Waals surface area contributed by atoms with Gasteiger partial charge in [0.05, 0.1) is 3.79 Å². The molecule has 12 heavy (non-hydrogen) atoms. The van der Waals surface area contributed by atoms with Crippen molar-refractivity contribution >= 4 is 33.2 Å². The first-order valence-electron chi connectivity index (χ1n) is 3.37. The van der Waals surface area contributed by atoms with Crippen molar-refractivity contribution < 1.29 is 4.79 Å². The predicted octanol–water partition coefficient (Wildman–Crippen LogP) is 1.39. The van der Waals surface area contributed by atoms with Crippen LogP contribution in [0.1, 0.15) is 18.0 Å². The molecule has 0 unspecified atom stereocenters. The van der Waals surface area contributed by atoms with Crippen LogP contribution in [0.4, 0.5) is 0 Å². The molecule has 0 saturated heterocycles. The van der Waals surface area contributed by atoms with Gasteiger partial charge in [0.15, 0.2) is 0 Å². The van der Waals surface area contributed by atoms with Crippen molar-refractivity contribution in [3.8, 4) is 0 Å². The largest absolute Gasteiger partial charge is 0.370 e. The van der Waals surface area contributed by atoms with Crippen molar-refractivity contribution in [3.63, 3.8) is 0 Å². The van der Waals surface area contributed by atoms with Gasteiger partial charge in [-0.25, -0.2) is 0 Å². The summed E-state index contributed by atoms with van der Waals surface area (Å²) in [6, 6.07) is 1.63. The van der Waals surface area contributed by atoms with Gasteiger partial charge in [0, 0.05) is 12.5 Å². The lowest BCUT2D eigenvalue weighted by molar-refractivity contribution is -0.118. The van der Waals surface area contributed by atoms with Crippen LogP contribution in [-0.4, -0.2) is 5.91 Å². The van der Waals surface area contributed by atoms with Gasteiger partial charge in [-0.1, -0.05) is 0 Å². The maximum absolute atomic E-state index is 10.5. The molecule has 0 spiro atoms. The van der Waals surface area contributed by atoms with E-state index in [-0.39, 0.29) is 18.4 Å². The fourth-order valence-corrected chi connectivity index (χ4v) is 2.09. The average molecular weight is 249 g/mol. The number of rotatable bonds is 3. The molecular formula is C7H9BrN2OS. The summed E-state index contributed by atoms with van der Waals surface area (Å²) in [6.45, 7) is 0. The maximum atomic E-state index is 10.5. The Morgan fingerprint density at radius 1 is 1.75 bits per heavy atom. The van der Waals surface area contributed by atoms with Gasteiger partial charge < -0.3 is 11.5 Å². The molecule has 0 aromatic carbocycles. The summed E-state index contributed by atoms with van der Waals surface area (Å²) in [5.74, 6) is -0.371. The number of carbonyl (C=O) groups excluding carboxylic acids is 1. The van der Waals surface area contributed by atoms with Crippen LogP contribution >= 0.6 is 27.3 Å². The molecule has 1 atom stereocenters. The number of primary amides is 1. The van der Waals surface area contributed by atoms with Gasteiger partial charge in [0.2, 0.25) is 5.91 Å². The topological polar surface area (TPSA) is 69.1 Å². The van der Waals surface area contributed by atoms with Gasteiger partial charge >= 0.3 is 0 Å². The molecule has 1 rings (SSSR count). The zero-order valence-corrected chi connectivity index (χ0v) is 8.69. The van der Waals surface area contributed by atoms with E-state index in [0.717, 1.165) is 9.35 Å². The van der Waals surface area contributed by atoms with Gasteiger partial charge in [-0.15, -0.1) is 11.3 Å². The first-order chi connectivity index (χ1) is 5.59. The molecule has 4 N–H and O–H groups in total. The molecule has 0 fully saturated rings. The lowest BCUT2D eigenvalue weighted by Crippen LogP contribution is -2.20. The van der Waals surface area contributed by atoms with E-state index in [4.69, 9.17) is 11.5 Å². The summed E-state index contributed by atoms with van der Waals surface area (Å²) in [7, 11) is 0. The van der Waals surface area contributed by atoms with Crippen molar-refractivity contribution in [1.29, 1.82) is 0 Å². The average Bonchev–Trinajstić information content (AvgIpc) is 2.34. The van der Waals surface area contributed by atoms with E-state index in [2.05, 4.69) is 15.9 Å². The van der Waals surface area contributed by atoms with Crippen LogP contribution in [-0.2, 0) is 4.79 Å². The summed E-state index contributed by atoms with van der Waals surface area (Å²) < 4.78 is 1.01. The molecule has 0 aliphatic rings. The van der Waals surface area contributed by atoms with E-state index < -0.39 is 0 Å². The Morgan fingerprint density at radius 3 is 2.83 bits per heavy atom. The summed E-state index contributed by atoms with van der Waals surface area (Å²) in [5.41, 5.74) is 11.7. The Bertz CT molecular complexity index is 287. The molecule has 0 radical (unpaired) electrons. The van der Waals surface area contributed by atoms with Crippen molar-refractivity contribution in [1.82, 2.24) is 0 Å². The first-order valence-corrected chi connectivity index (χ1v) is 5.04. The smallest absolute Gasteiger partial charge is 0.219 e.